The fourth-order valence-electron chi connectivity index (χ4n) is 2.44. The normalized spacial score (nSPS) is 18.8. The number of hydrogen-bond donors (Lipinski definition) is 1. The van der Waals surface area contributed by atoms with Crippen LogP contribution < -0.4 is 5.73 Å². The van der Waals surface area contributed by atoms with Crippen LogP contribution in [0.5, 0.6) is 0 Å². The lowest BCUT2D eigenvalue weighted by molar-refractivity contribution is -0.141. The van der Waals surface area contributed by atoms with Crippen LogP contribution in [0.25, 0.3) is 0 Å². The fraction of sp³-hybridized carbons (Fsp3) is 0.583. The van der Waals surface area contributed by atoms with Crippen molar-refractivity contribution in [3.63, 3.8) is 0 Å². The summed E-state index contributed by atoms with van der Waals surface area (Å²) in [5, 5.41) is 0. The second-order valence-electron chi connectivity index (χ2n) is 4.60. The Morgan fingerprint density at radius 3 is 2.35 bits per heavy atom. The van der Waals surface area contributed by atoms with Crippen molar-refractivity contribution in [2.75, 3.05) is 6.54 Å². The summed E-state index contributed by atoms with van der Waals surface area (Å²) < 4.78 is 37.1. The van der Waals surface area contributed by atoms with E-state index in [-0.39, 0.29) is 5.41 Å². The van der Waals surface area contributed by atoms with E-state index in [9.17, 15) is 13.2 Å². The van der Waals surface area contributed by atoms with Gasteiger partial charge in [-0.3, -0.25) is 4.98 Å². The topological polar surface area (TPSA) is 38.9 Å². The molecule has 1 aromatic heterocycles. The zero-order valence-corrected chi connectivity index (χ0v) is 9.43. The Morgan fingerprint density at radius 2 is 2.00 bits per heavy atom. The third-order valence-corrected chi connectivity index (χ3v) is 3.60. The van der Waals surface area contributed by atoms with Crippen molar-refractivity contribution in [3.8, 4) is 0 Å². The molecule has 0 amide bonds. The Bertz CT molecular complexity index is 380. The first kappa shape index (κ1) is 12.4. The van der Waals surface area contributed by atoms with E-state index >= 15 is 0 Å². The molecule has 5 heteroatoms. The van der Waals surface area contributed by atoms with Gasteiger partial charge in [-0.05, 0) is 42.9 Å². The molecule has 0 spiro atoms. The van der Waals surface area contributed by atoms with Gasteiger partial charge < -0.3 is 5.73 Å². The van der Waals surface area contributed by atoms with Gasteiger partial charge in [0.15, 0.2) is 0 Å². The summed E-state index contributed by atoms with van der Waals surface area (Å²) in [5.74, 6) is 0. The Labute approximate surface area is 98.0 Å². The van der Waals surface area contributed by atoms with E-state index in [1.807, 2.05) is 0 Å². The molecule has 0 unspecified atom stereocenters. The summed E-state index contributed by atoms with van der Waals surface area (Å²) in [4.78, 5) is 3.51. The van der Waals surface area contributed by atoms with Gasteiger partial charge in [0.05, 0.1) is 0 Å². The lowest BCUT2D eigenvalue weighted by atomic mass is 9.63. The van der Waals surface area contributed by atoms with Crippen molar-refractivity contribution in [2.24, 2.45) is 5.73 Å². The zero-order valence-electron chi connectivity index (χ0n) is 9.43. The first-order chi connectivity index (χ1) is 7.98. The van der Waals surface area contributed by atoms with Crippen LogP contribution in [-0.2, 0) is 11.6 Å². The summed E-state index contributed by atoms with van der Waals surface area (Å²) in [7, 11) is 0. The van der Waals surface area contributed by atoms with E-state index < -0.39 is 11.9 Å². The molecule has 1 aliphatic rings. The summed E-state index contributed by atoms with van der Waals surface area (Å²) >= 11 is 0. The number of hydrogen-bond acceptors (Lipinski definition) is 2. The van der Waals surface area contributed by atoms with Crippen LogP contribution in [0.4, 0.5) is 13.2 Å². The Hall–Kier alpha value is -1.10. The van der Waals surface area contributed by atoms with Crippen molar-refractivity contribution in [2.45, 2.75) is 37.3 Å². The van der Waals surface area contributed by atoms with Crippen LogP contribution in [-0.4, -0.2) is 11.5 Å². The molecule has 1 aromatic rings. The average molecular weight is 244 g/mol. The predicted octanol–water partition coefficient (Wildman–Crippen LogP) is 2.87. The molecule has 0 radical (unpaired) electrons. The third-order valence-electron chi connectivity index (χ3n) is 3.60. The number of halogens is 3. The summed E-state index contributed by atoms with van der Waals surface area (Å²) in [6.07, 6.45) is 0.923. The number of nitrogens with two attached hydrogens (primary N) is 1. The summed E-state index contributed by atoms with van der Waals surface area (Å²) in [5.41, 5.74) is 5.60. The third kappa shape index (κ3) is 2.29. The molecule has 94 valence electrons. The first-order valence-electron chi connectivity index (χ1n) is 5.72. The van der Waals surface area contributed by atoms with Crippen molar-refractivity contribution < 1.29 is 13.2 Å². The van der Waals surface area contributed by atoms with Crippen molar-refractivity contribution in [1.82, 2.24) is 4.98 Å². The molecule has 0 saturated heterocycles. The molecule has 17 heavy (non-hydrogen) atoms. The second-order valence-corrected chi connectivity index (χ2v) is 4.60. The molecule has 0 atom stereocenters. The minimum Gasteiger partial charge on any atom is -0.330 e. The minimum absolute atomic E-state index is 0.0219. The highest BCUT2D eigenvalue weighted by Crippen LogP contribution is 2.46. The monoisotopic (exact) mass is 244 g/mol. The average Bonchev–Trinajstić information content (AvgIpc) is 2.22. The fourth-order valence-corrected chi connectivity index (χ4v) is 2.44. The van der Waals surface area contributed by atoms with Crippen molar-refractivity contribution >= 4 is 0 Å². The summed E-state index contributed by atoms with van der Waals surface area (Å²) in [6.45, 7) is 0.557. The highest BCUT2D eigenvalue weighted by Gasteiger charge is 2.39. The van der Waals surface area contributed by atoms with Gasteiger partial charge in [0, 0.05) is 6.20 Å². The van der Waals surface area contributed by atoms with E-state index in [1.165, 1.54) is 6.20 Å². The second kappa shape index (κ2) is 4.29. The standard InChI is InChI=1S/C12H15F3N2/c13-12(14,15)10-3-2-9(8-17-10)11(6-7-16)4-1-5-11/h2-3,8H,1,4-7,16H2. The SMILES string of the molecule is NCCC1(c2ccc(C(F)(F)F)nc2)CCC1. The summed E-state index contributed by atoms with van der Waals surface area (Å²) in [6, 6.07) is 2.61. The van der Waals surface area contributed by atoms with Crippen molar-refractivity contribution in [3.05, 3.63) is 29.6 Å². The van der Waals surface area contributed by atoms with Gasteiger partial charge in [0.25, 0.3) is 0 Å². The molecular weight excluding hydrogens is 229 g/mol. The lowest BCUT2D eigenvalue weighted by Gasteiger charge is -2.42. The molecule has 0 aliphatic heterocycles. The van der Waals surface area contributed by atoms with E-state index in [2.05, 4.69) is 4.98 Å². The van der Waals surface area contributed by atoms with Gasteiger partial charge in [-0.2, -0.15) is 13.2 Å². The largest absolute Gasteiger partial charge is 0.433 e. The van der Waals surface area contributed by atoms with E-state index in [4.69, 9.17) is 5.73 Å². The first-order valence-corrected chi connectivity index (χ1v) is 5.72. The van der Waals surface area contributed by atoms with E-state index in [0.717, 1.165) is 37.3 Å². The Balaban J connectivity index is 2.23. The van der Waals surface area contributed by atoms with Crippen LogP contribution >= 0.6 is 0 Å². The number of alkyl halides is 3. The molecule has 0 bridgehead atoms. The molecule has 1 aliphatic carbocycles. The molecule has 1 fully saturated rings. The lowest BCUT2D eigenvalue weighted by Crippen LogP contribution is -2.36. The van der Waals surface area contributed by atoms with Crippen LogP contribution in [0.2, 0.25) is 0 Å². The highest BCUT2D eigenvalue weighted by atomic mass is 19.4. The zero-order chi connectivity index (χ0) is 12.5. The smallest absolute Gasteiger partial charge is 0.330 e. The Morgan fingerprint density at radius 1 is 1.29 bits per heavy atom. The predicted molar refractivity (Wildman–Crippen MR) is 58.4 cm³/mol. The number of pyridine rings is 1. The molecule has 2 nitrogen and oxygen atoms in total. The number of aromatic nitrogens is 1. The Kier molecular flexibility index (Phi) is 3.12. The quantitative estimate of drug-likeness (QED) is 0.888. The van der Waals surface area contributed by atoms with Gasteiger partial charge in [-0.15, -0.1) is 0 Å². The number of rotatable bonds is 3. The molecular formula is C12H15F3N2. The van der Waals surface area contributed by atoms with E-state index in [0.29, 0.717) is 6.54 Å². The van der Waals surface area contributed by atoms with Crippen LogP contribution in [0.1, 0.15) is 36.9 Å². The van der Waals surface area contributed by atoms with Gasteiger partial charge in [-0.1, -0.05) is 12.5 Å². The minimum atomic E-state index is -4.36. The van der Waals surface area contributed by atoms with Crippen LogP contribution in [0, 0.1) is 0 Å². The molecule has 2 rings (SSSR count). The number of nitrogens with zero attached hydrogens (tertiary/aromatic N) is 1. The van der Waals surface area contributed by atoms with Gasteiger partial charge in [0.1, 0.15) is 5.69 Å². The van der Waals surface area contributed by atoms with Gasteiger partial charge >= 0.3 is 6.18 Å². The van der Waals surface area contributed by atoms with Gasteiger partial charge in [-0.25, -0.2) is 0 Å². The van der Waals surface area contributed by atoms with Crippen LogP contribution in [0.15, 0.2) is 18.3 Å². The maximum absolute atomic E-state index is 12.4. The van der Waals surface area contributed by atoms with Gasteiger partial charge in [0.2, 0.25) is 0 Å². The van der Waals surface area contributed by atoms with Crippen LogP contribution in [0.3, 0.4) is 0 Å². The maximum Gasteiger partial charge on any atom is 0.433 e. The highest BCUT2D eigenvalue weighted by molar-refractivity contribution is 5.27. The molecule has 2 N–H and O–H groups in total. The van der Waals surface area contributed by atoms with Crippen molar-refractivity contribution in [1.29, 1.82) is 0 Å². The molecule has 1 heterocycles. The van der Waals surface area contributed by atoms with E-state index in [1.54, 1.807) is 6.07 Å². The maximum atomic E-state index is 12.4. The molecule has 1 saturated carbocycles. The molecule has 0 aromatic carbocycles.